The van der Waals surface area contributed by atoms with Gasteiger partial charge in [-0.2, -0.15) is 8.78 Å². The first-order valence-electron chi connectivity index (χ1n) is 8.25. The summed E-state index contributed by atoms with van der Waals surface area (Å²) < 4.78 is 29.3. The highest BCUT2D eigenvalue weighted by Crippen LogP contribution is 2.24. The van der Waals surface area contributed by atoms with Gasteiger partial charge in [0.05, 0.1) is 5.56 Å². The highest BCUT2D eigenvalue weighted by Gasteiger charge is 2.24. The summed E-state index contributed by atoms with van der Waals surface area (Å²) in [5.74, 6) is -0.172. The number of anilines is 1. The van der Waals surface area contributed by atoms with E-state index in [1.54, 1.807) is 12.1 Å². The number of hydrogen-bond acceptors (Lipinski definition) is 3. The van der Waals surface area contributed by atoms with Gasteiger partial charge in [0.25, 0.3) is 5.91 Å². The van der Waals surface area contributed by atoms with Crippen molar-refractivity contribution in [3.05, 3.63) is 60.2 Å². The topological polar surface area (TPSA) is 41.6 Å². The minimum absolute atomic E-state index is 0.104. The van der Waals surface area contributed by atoms with Crippen LogP contribution in [0.25, 0.3) is 0 Å². The zero-order valence-electron chi connectivity index (χ0n) is 13.7. The zero-order chi connectivity index (χ0) is 17.6. The Morgan fingerprint density at radius 3 is 2.64 bits per heavy atom. The van der Waals surface area contributed by atoms with Gasteiger partial charge < -0.3 is 15.0 Å². The largest absolute Gasteiger partial charge is 0.434 e. The van der Waals surface area contributed by atoms with Crippen LogP contribution in [0.5, 0.6) is 5.75 Å². The smallest absolute Gasteiger partial charge is 0.387 e. The average molecular weight is 346 g/mol. The highest BCUT2D eigenvalue weighted by atomic mass is 19.3. The fraction of sp³-hybridized carbons (Fsp3) is 0.316. The van der Waals surface area contributed by atoms with Crippen LogP contribution in [0.3, 0.4) is 0 Å². The summed E-state index contributed by atoms with van der Waals surface area (Å²) in [5, 5.41) is 2.84. The van der Waals surface area contributed by atoms with Crippen molar-refractivity contribution in [1.82, 2.24) is 5.32 Å². The first-order chi connectivity index (χ1) is 12.1. The normalized spacial score (nSPS) is 16.9. The summed E-state index contributed by atoms with van der Waals surface area (Å²) in [4.78, 5) is 14.6. The highest BCUT2D eigenvalue weighted by molar-refractivity contribution is 5.96. The number of nitrogens with zero attached hydrogens (tertiary/aromatic N) is 1. The predicted molar refractivity (Wildman–Crippen MR) is 92.2 cm³/mol. The fourth-order valence-corrected chi connectivity index (χ4v) is 3.06. The van der Waals surface area contributed by atoms with Gasteiger partial charge in [-0.15, -0.1) is 0 Å². The molecule has 1 heterocycles. The molecule has 2 aromatic rings. The van der Waals surface area contributed by atoms with Crippen LogP contribution in [-0.2, 0) is 0 Å². The van der Waals surface area contributed by atoms with Gasteiger partial charge >= 0.3 is 6.61 Å². The Labute approximate surface area is 145 Å². The number of amides is 1. The summed E-state index contributed by atoms with van der Waals surface area (Å²) in [5.41, 5.74) is 1.30. The lowest BCUT2D eigenvalue weighted by Gasteiger charge is -2.19. The molecule has 1 fully saturated rings. The van der Waals surface area contributed by atoms with Crippen LogP contribution in [0.1, 0.15) is 16.8 Å². The SMILES string of the molecule is O=C(NC[C@H]1CCN(c2ccccc2)C1)c1ccccc1OC(F)F. The third-order valence-electron chi connectivity index (χ3n) is 4.31. The van der Waals surface area contributed by atoms with E-state index in [9.17, 15) is 13.6 Å². The Bertz CT molecular complexity index is 710. The van der Waals surface area contributed by atoms with E-state index in [0.29, 0.717) is 12.5 Å². The van der Waals surface area contributed by atoms with Crippen LogP contribution in [0.15, 0.2) is 54.6 Å². The summed E-state index contributed by atoms with van der Waals surface area (Å²) >= 11 is 0. The second-order valence-corrected chi connectivity index (χ2v) is 6.02. The minimum atomic E-state index is -2.96. The standard InChI is InChI=1S/C19H20F2N2O2/c20-19(21)25-17-9-5-4-8-16(17)18(24)22-12-14-10-11-23(13-14)15-6-2-1-3-7-15/h1-9,14,19H,10-13H2,(H,22,24)/t14-/m1/s1. The first-order valence-corrected chi connectivity index (χ1v) is 8.25. The van der Waals surface area contributed by atoms with Gasteiger partial charge in [0.15, 0.2) is 0 Å². The molecule has 1 saturated heterocycles. The van der Waals surface area contributed by atoms with Crippen molar-refractivity contribution in [2.75, 3.05) is 24.5 Å². The number of halogens is 2. The van der Waals surface area contributed by atoms with Crippen molar-refractivity contribution in [2.45, 2.75) is 13.0 Å². The Morgan fingerprint density at radius 1 is 1.16 bits per heavy atom. The van der Waals surface area contributed by atoms with Crippen molar-refractivity contribution in [2.24, 2.45) is 5.92 Å². The lowest BCUT2D eigenvalue weighted by atomic mass is 10.1. The number of rotatable bonds is 6. The maximum atomic E-state index is 12.4. The lowest BCUT2D eigenvalue weighted by molar-refractivity contribution is -0.0501. The molecule has 1 atom stereocenters. The van der Waals surface area contributed by atoms with Gasteiger partial charge in [0.1, 0.15) is 5.75 Å². The summed E-state index contributed by atoms with van der Waals surface area (Å²) in [6, 6.07) is 16.2. The molecule has 3 rings (SSSR count). The van der Waals surface area contributed by atoms with Crippen molar-refractivity contribution >= 4 is 11.6 Å². The van der Waals surface area contributed by atoms with Crippen molar-refractivity contribution in [3.63, 3.8) is 0 Å². The van der Waals surface area contributed by atoms with Crippen LogP contribution < -0.4 is 15.0 Å². The number of carbonyl (C=O) groups excluding carboxylic acids is 1. The Hall–Kier alpha value is -2.63. The molecule has 0 saturated carbocycles. The molecule has 1 amide bonds. The van der Waals surface area contributed by atoms with Crippen LogP contribution in [-0.4, -0.2) is 32.2 Å². The van der Waals surface area contributed by atoms with Gasteiger partial charge in [-0.25, -0.2) is 0 Å². The predicted octanol–water partition coefficient (Wildman–Crippen LogP) is 3.54. The Kier molecular flexibility index (Phi) is 5.48. The van der Waals surface area contributed by atoms with Crippen LogP contribution in [0, 0.1) is 5.92 Å². The second kappa shape index (κ2) is 7.96. The average Bonchev–Trinajstić information content (AvgIpc) is 3.09. The quantitative estimate of drug-likeness (QED) is 0.870. The number of carbonyl (C=O) groups is 1. The maximum Gasteiger partial charge on any atom is 0.387 e. The third-order valence-corrected chi connectivity index (χ3v) is 4.31. The van der Waals surface area contributed by atoms with E-state index < -0.39 is 12.5 Å². The molecule has 4 nitrogen and oxygen atoms in total. The van der Waals surface area contributed by atoms with E-state index in [4.69, 9.17) is 0 Å². The molecule has 6 heteroatoms. The van der Waals surface area contributed by atoms with E-state index in [1.807, 2.05) is 18.2 Å². The van der Waals surface area contributed by atoms with E-state index in [0.717, 1.165) is 19.5 Å². The van der Waals surface area contributed by atoms with E-state index in [2.05, 4.69) is 27.1 Å². The Morgan fingerprint density at radius 2 is 1.88 bits per heavy atom. The molecule has 0 bridgehead atoms. The number of benzene rings is 2. The number of alkyl halides is 2. The molecule has 132 valence electrons. The first kappa shape index (κ1) is 17.2. The van der Waals surface area contributed by atoms with Crippen LogP contribution >= 0.6 is 0 Å². The van der Waals surface area contributed by atoms with E-state index >= 15 is 0 Å². The van der Waals surface area contributed by atoms with Crippen molar-refractivity contribution < 1.29 is 18.3 Å². The van der Waals surface area contributed by atoms with Crippen molar-refractivity contribution in [1.29, 1.82) is 0 Å². The molecule has 0 spiro atoms. The number of hydrogen-bond donors (Lipinski definition) is 1. The summed E-state index contributed by atoms with van der Waals surface area (Å²) in [6.07, 6.45) is 0.977. The Balaban J connectivity index is 1.55. The molecule has 1 aliphatic rings. The number of ether oxygens (including phenoxy) is 1. The number of para-hydroxylation sites is 2. The van der Waals surface area contributed by atoms with Gasteiger partial charge in [0, 0.05) is 25.3 Å². The van der Waals surface area contributed by atoms with Gasteiger partial charge in [0.2, 0.25) is 0 Å². The van der Waals surface area contributed by atoms with Crippen LogP contribution in [0.4, 0.5) is 14.5 Å². The monoisotopic (exact) mass is 346 g/mol. The molecule has 0 aliphatic carbocycles. The van der Waals surface area contributed by atoms with Gasteiger partial charge in [-0.1, -0.05) is 30.3 Å². The number of nitrogens with one attached hydrogen (secondary N) is 1. The molecule has 0 radical (unpaired) electrons. The molecule has 0 aromatic heterocycles. The maximum absolute atomic E-state index is 12.4. The lowest BCUT2D eigenvalue weighted by Crippen LogP contribution is -2.31. The third kappa shape index (κ3) is 4.47. The van der Waals surface area contributed by atoms with Gasteiger partial charge in [-0.05, 0) is 36.6 Å². The zero-order valence-corrected chi connectivity index (χ0v) is 13.7. The van der Waals surface area contributed by atoms with E-state index in [-0.39, 0.29) is 11.3 Å². The summed E-state index contributed by atoms with van der Waals surface area (Å²) in [6.45, 7) is -0.650. The molecule has 1 N–H and O–H groups in total. The van der Waals surface area contributed by atoms with E-state index in [1.165, 1.54) is 17.8 Å². The van der Waals surface area contributed by atoms with Crippen molar-refractivity contribution in [3.8, 4) is 5.75 Å². The molecule has 0 unspecified atom stereocenters. The molecular weight excluding hydrogens is 326 g/mol. The fourth-order valence-electron chi connectivity index (χ4n) is 3.06. The minimum Gasteiger partial charge on any atom is -0.434 e. The molecule has 2 aromatic carbocycles. The second-order valence-electron chi connectivity index (χ2n) is 6.02. The van der Waals surface area contributed by atoms with Crippen LogP contribution in [0.2, 0.25) is 0 Å². The molecular formula is C19H20F2N2O2. The van der Waals surface area contributed by atoms with Gasteiger partial charge in [-0.3, -0.25) is 4.79 Å². The molecule has 1 aliphatic heterocycles. The summed E-state index contributed by atoms with van der Waals surface area (Å²) in [7, 11) is 0. The molecule has 25 heavy (non-hydrogen) atoms.